The van der Waals surface area contributed by atoms with E-state index in [0.717, 1.165) is 10.9 Å². The van der Waals surface area contributed by atoms with Crippen molar-refractivity contribution in [3.63, 3.8) is 0 Å². The van der Waals surface area contributed by atoms with Gasteiger partial charge in [0.15, 0.2) is 5.76 Å². The number of aryl methyl sites for hydroxylation is 1. The normalized spacial score (nSPS) is 10.8. The molecule has 21 heavy (non-hydrogen) atoms. The van der Waals surface area contributed by atoms with Gasteiger partial charge < -0.3 is 9.52 Å². The molecular formula is C16H12ClNO3. The summed E-state index contributed by atoms with van der Waals surface area (Å²) >= 11 is 6.40. The molecular weight excluding hydrogens is 290 g/mol. The molecule has 3 rings (SSSR count). The largest absolute Gasteiger partial charge is 0.465 e. The summed E-state index contributed by atoms with van der Waals surface area (Å²) in [6.07, 6.45) is -1.13. The summed E-state index contributed by atoms with van der Waals surface area (Å²) in [5, 5.41) is 12.6. The summed E-state index contributed by atoms with van der Waals surface area (Å²) in [4.78, 5) is 10.9. The highest BCUT2D eigenvalue weighted by Gasteiger charge is 2.17. The zero-order valence-corrected chi connectivity index (χ0v) is 11.9. The molecule has 106 valence electrons. The molecule has 0 spiro atoms. The Bertz CT molecular complexity index is 839. The number of halogens is 1. The topological polar surface area (TPSA) is 62.5 Å². The average Bonchev–Trinajstić information content (AvgIpc) is 2.76. The van der Waals surface area contributed by atoms with Crippen molar-refractivity contribution in [1.29, 1.82) is 0 Å². The third-order valence-electron chi connectivity index (χ3n) is 3.20. The molecule has 1 aromatic heterocycles. The van der Waals surface area contributed by atoms with Gasteiger partial charge in [-0.3, -0.25) is 5.32 Å². The lowest BCUT2D eigenvalue weighted by molar-refractivity contribution is 0.210. The maximum atomic E-state index is 10.9. The van der Waals surface area contributed by atoms with Crippen LogP contribution in [0.5, 0.6) is 0 Å². The summed E-state index contributed by atoms with van der Waals surface area (Å²) in [5.41, 5.74) is 2.79. The highest BCUT2D eigenvalue weighted by atomic mass is 35.5. The second-order valence-corrected chi connectivity index (χ2v) is 5.10. The van der Waals surface area contributed by atoms with E-state index < -0.39 is 6.09 Å². The summed E-state index contributed by atoms with van der Waals surface area (Å²) in [6.45, 7) is 1.97. The van der Waals surface area contributed by atoms with Crippen LogP contribution in [0.1, 0.15) is 5.56 Å². The van der Waals surface area contributed by atoms with Crippen molar-refractivity contribution < 1.29 is 14.3 Å². The Kier molecular flexibility index (Phi) is 3.31. The van der Waals surface area contributed by atoms with Crippen molar-refractivity contribution in [3.05, 3.63) is 53.1 Å². The van der Waals surface area contributed by atoms with Crippen LogP contribution in [0.25, 0.3) is 22.3 Å². The van der Waals surface area contributed by atoms with Gasteiger partial charge in [0.05, 0.1) is 10.7 Å². The Morgan fingerprint density at radius 2 is 2.00 bits per heavy atom. The van der Waals surface area contributed by atoms with Crippen LogP contribution in [-0.2, 0) is 0 Å². The van der Waals surface area contributed by atoms with Crippen LogP contribution in [0.4, 0.5) is 10.5 Å². The molecule has 0 fully saturated rings. The quantitative estimate of drug-likeness (QED) is 0.688. The molecule has 1 amide bonds. The average molecular weight is 302 g/mol. The Morgan fingerprint density at radius 3 is 2.76 bits per heavy atom. The minimum Gasteiger partial charge on any atom is -0.465 e. The van der Waals surface area contributed by atoms with E-state index in [0.29, 0.717) is 27.6 Å². The molecule has 0 bridgehead atoms. The smallest absolute Gasteiger partial charge is 0.409 e. The number of anilines is 1. The molecule has 0 atom stereocenters. The van der Waals surface area contributed by atoms with Gasteiger partial charge in [-0.15, -0.1) is 0 Å². The number of furan rings is 1. The molecule has 1 heterocycles. The number of benzene rings is 2. The zero-order chi connectivity index (χ0) is 15.0. The van der Waals surface area contributed by atoms with Gasteiger partial charge in [-0.2, -0.15) is 0 Å². The minimum absolute atomic E-state index is 0.433. The van der Waals surface area contributed by atoms with Crippen LogP contribution in [-0.4, -0.2) is 11.2 Å². The van der Waals surface area contributed by atoms with Gasteiger partial charge in [0.1, 0.15) is 5.58 Å². The molecule has 4 nitrogen and oxygen atoms in total. The number of hydrogen-bond donors (Lipinski definition) is 2. The van der Waals surface area contributed by atoms with E-state index in [4.69, 9.17) is 21.1 Å². The van der Waals surface area contributed by atoms with Crippen LogP contribution in [0.2, 0.25) is 5.02 Å². The van der Waals surface area contributed by atoms with Crippen LogP contribution in [0, 0.1) is 6.92 Å². The number of fused-ring (bicyclic) bond motifs is 1. The minimum atomic E-state index is -1.13. The molecule has 0 saturated heterocycles. The summed E-state index contributed by atoms with van der Waals surface area (Å²) < 4.78 is 5.80. The van der Waals surface area contributed by atoms with Gasteiger partial charge in [-0.25, -0.2) is 4.79 Å². The van der Waals surface area contributed by atoms with Gasteiger partial charge in [0.2, 0.25) is 0 Å². The fraction of sp³-hybridized carbons (Fsp3) is 0.0625. The summed E-state index contributed by atoms with van der Waals surface area (Å²) in [7, 11) is 0. The Labute approximate surface area is 126 Å². The van der Waals surface area contributed by atoms with E-state index in [9.17, 15) is 4.79 Å². The fourth-order valence-electron chi connectivity index (χ4n) is 2.26. The molecule has 0 aliphatic rings. The number of nitrogens with one attached hydrogen (secondary N) is 1. The molecule has 5 heteroatoms. The lowest BCUT2D eigenvalue weighted by Crippen LogP contribution is -2.07. The fourth-order valence-corrected chi connectivity index (χ4v) is 2.55. The van der Waals surface area contributed by atoms with Crippen molar-refractivity contribution in [3.8, 4) is 11.3 Å². The summed E-state index contributed by atoms with van der Waals surface area (Å²) in [6, 6.07) is 12.7. The number of rotatable bonds is 2. The van der Waals surface area contributed by atoms with Crippen molar-refractivity contribution in [2.45, 2.75) is 6.92 Å². The highest BCUT2D eigenvalue weighted by molar-refractivity contribution is 6.38. The second-order valence-electron chi connectivity index (χ2n) is 4.72. The maximum Gasteiger partial charge on any atom is 0.409 e. The standard InChI is InChI=1S/C16H12ClNO3/c1-9-6-7-13-11(8-9)14(17)15(21-13)10-4-2-3-5-12(10)18-16(19)20/h2-8,18H,1H3,(H,19,20). The SMILES string of the molecule is Cc1ccc2oc(-c3ccccc3NC(=O)O)c(Cl)c2c1. The molecule has 0 radical (unpaired) electrons. The van der Waals surface area contributed by atoms with Crippen LogP contribution < -0.4 is 5.32 Å². The summed E-state index contributed by atoms with van der Waals surface area (Å²) in [5.74, 6) is 0.460. The molecule has 2 N–H and O–H groups in total. The van der Waals surface area contributed by atoms with Crippen molar-refractivity contribution in [2.24, 2.45) is 0 Å². The third kappa shape index (κ3) is 2.45. The van der Waals surface area contributed by atoms with Crippen molar-refractivity contribution >= 4 is 34.4 Å². The van der Waals surface area contributed by atoms with Crippen LogP contribution >= 0.6 is 11.6 Å². The molecule has 3 aromatic rings. The second kappa shape index (κ2) is 5.14. The van der Waals surface area contributed by atoms with Gasteiger partial charge >= 0.3 is 6.09 Å². The maximum absolute atomic E-state index is 10.9. The van der Waals surface area contributed by atoms with Gasteiger partial charge in [-0.05, 0) is 31.2 Å². The first kappa shape index (κ1) is 13.5. The predicted molar refractivity (Wildman–Crippen MR) is 83.0 cm³/mol. The molecule has 0 aliphatic carbocycles. The van der Waals surface area contributed by atoms with Crippen molar-refractivity contribution in [2.75, 3.05) is 5.32 Å². The number of amides is 1. The first-order valence-corrected chi connectivity index (χ1v) is 6.72. The number of hydrogen-bond acceptors (Lipinski definition) is 2. The molecule has 0 unspecified atom stereocenters. The molecule has 0 aliphatic heterocycles. The molecule has 0 saturated carbocycles. The van der Waals surface area contributed by atoms with Gasteiger partial charge in [-0.1, -0.05) is 35.4 Å². The van der Waals surface area contributed by atoms with E-state index in [2.05, 4.69) is 5.32 Å². The lowest BCUT2D eigenvalue weighted by Gasteiger charge is -2.06. The van der Waals surface area contributed by atoms with E-state index in [-0.39, 0.29) is 0 Å². The van der Waals surface area contributed by atoms with E-state index in [1.807, 2.05) is 25.1 Å². The van der Waals surface area contributed by atoms with E-state index in [1.54, 1.807) is 24.3 Å². The van der Waals surface area contributed by atoms with Crippen LogP contribution in [0.3, 0.4) is 0 Å². The lowest BCUT2D eigenvalue weighted by atomic mass is 10.1. The van der Waals surface area contributed by atoms with Gasteiger partial charge in [0, 0.05) is 10.9 Å². The van der Waals surface area contributed by atoms with Gasteiger partial charge in [0.25, 0.3) is 0 Å². The Morgan fingerprint density at radius 1 is 1.24 bits per heavy atom. The van der Waals surface area contributed by atoms with E-state index >= 15 is 0 Å². The van der Waals surface area contributed by atoms with Crippen molar-refractivity contribution in [1.82, 2.24) is 0 Å². The number of carbonyl (C=O) groups is 1. The Hall–Kier alpha value is -2.46. The first-order valence-electron chi connectivity index (χ1n) is 6.34. The third-order valence-corrected chi connectivity index (χ3v) is 3.57. The van der Waals surface area contributed by atoms with E-state index in [1.165, 1.54) is 0 Å². The molecule has 2 aromatic carbocycles. The number of carboxylic acid groups (broad SMARTS) is 1. The first-order chi connectivity index (χ1) is 10.1. The Balaban J connectivity index is 2.21. The monoisotopic (exact) mass is 301 g/mol. The predicted octanol–water partition coefficient (Wildman–Crippen LogP) is 5.15. The number of para-hydroxylation sites is 1. The zero-order valence-electron chi connectivity index (χ0n) is 11.2. The van der Waals surface area contributed by atoms with Crippen LogP contribution in [0.15, 0.2) is 46.9 Å². The highest BCUT2D eigenvalue weighted by Crippen LogP contribution is 2.40.